The lowest BCUT2D eigenvalue weighted by molar-refractivity contribution is 0.387. The summed E-state index contributed by atoms with van der Waals surface area (Å²) in [7, 11) is -2.12. The topological polar surface area (TPSA) is 46.6 Å². The molecular formula is C14H22ClNO3S. The van der Waals surface area contributed by atoms with E-state index in [-0.39, 0.29) is 4.90 Å². The zero-order valence-corrected chi connectivity index (χ0v) is 14.0. The van der Waals surface area contributed by atoms with Crippen LogP contribution in [-0.4, -0.2) is 32.9 Å². The minimum atomic E-state index is -3.58. The van der Waals surface area contributed by atoms with Crippen molar-refractivity contribution in [3.8, 4) is 5.75 Å². The molecule has 114 valence electrons. The van der Waals surface area contributed by atoms with Gasteiger partial charge >= 0.3 is 0 Å². The van der Waals surface area contributed by atoms with Crippen LogP contribution in [0.5, 0.6) is 5.75 Å². The molecule has 6 heteroatoms. The van der Waals surface area contributed by atoms with Crippen LogP contribution in [0.15, 0.2) is 17.0 Å². The normalized spacial score (nSPS) is 11.9. The van der Waals surface area contributed by atoms with Crippen molar-refractivity contribution >= 4 is 21.6 Å². The molecule has 0 aliphatic heterocycles. The Labute approximate surface area is 126 Å². The second-order valence-corrected chi connectivity index (χ2v) is 6.97. The predicted molar refractivity (Wildman–Crippen MR) is 82.1 cm³/mol. The Morgan fingerprint density at radius 3 is 2.20 bits per heavy atom. The fraction of sp³-hybridized carbons (Fsp3) is 0.571. The van der Waals surface area contributed by atoms with Crippen LogP contribution in [-0.2, 0) is 10.0 Å². The first-order valence-corrected chi connectivity index (χ1v) is 8.54. The summed E-state index contributed by atoms with van der Waals surface area (Å²) in [5.74, 6) is 0.337. The fourth-order valence-corrected chi connectivity index (χ4v) is 4.00. The minimum absolute atomic E-state index is 0.137. The van der Waals surface area contributed by atoms with Gasteiger partial charge in [-0.05, 0) is 37.5 Å². The molecule has 0 saturated carbocycles. The van der Waals surface area contributed by atoms with Gasteiger partial charge in [-0.15, -0.1) is 0 Å². The van der Waals surface area contributed by atoms with Crippen molar-refractivity contribution in [1.29, 1.82) is 0 Å². The number of hydrogen-bond acceptors (Lipinski definition) is 3. The molecule has 1 aromatic carbocycles. The van der Waals surface area contributed by atoms with Crippen LogP contribution >= 0.6 is 11.6 Å². The summed E-state index contributed by atoms with van der Waals surface area (Å²) in [6.45, 7) is 6.71. The van der Waals surface area contributed by atoms with E-state index in [4.69, 9.17) is 16.3 Å². The molecule has 4 nitrogen and oxygen atoms in total. The number of halogens is 1. The highest BCUT2D eigenvalue weighted by Gasteiger charge is 2.27. The molecule has 20 heavy (non-hydrogen) atoms. The van der Waals surface area contributed by atoms with Gasteiger partial charge in [0.1, 0.15) is 10.6 Å². The number of aryl methyl sites for hydroxylation is 1. The van der Waals surface area contributed by atoms with Gasteiger partial charge in [0.05, 0.1) is 7.11 Å². The average molecular weight is 320 g/mol. The van der Waals surface area contributed by atoms with E-state index >= 15 is 0 Å². The molecule has 0 atom stereocenters. The van der Waals surface area contributed by atoms with Gasteiger partial charge in [0.25, 0.3) is 0 Å². The third-order valence-corrected chi connectivity index (χ3v) is 5.34. The van der Waals surface area contributed by atoms with E-state index in [0.717, 1.165) is 18.4 Å². The van der Waals surface area contributed by atoms with Crippen molar-refractivity contribution in [2.45, 2.75) is 38.5 Å². The summed E-state index contributed by atoms with van der Waals surface area (Å²) in [6.07, 6.45) is 1.53. The van der Waals surface area contributed by atoms with Crippen LogP contribution in [0.1, 0.15) is 32.3 Å². The van der Waals surface area contributed by atoms with Gasteiger partial charge in [-0.2, -0.15) is 4.31 Å². The number of hydrogen-bond donors (Lipinski definition) is 0. The molecule has 0 radical (unpaired) electrons. The zero-order chi connectivity index (χ0) is 15.3. The number of rotatable bonds is 7. The molecule has 1 aromatic rings. The largest absolute Gasteiger partial charge is 0.495 e. The molecule has 0 aliphatic carbocycles. The highest BCUT2D eigenvalue weighted by Crippen LogP contribution is 2.32. The molecule has 0 heterocycles. The number of sulfonamides is 1. The summed E-state index contributed by atoms with van der Waals surface area (Å²) in [5.41, 5.74) is 0.792. The Kier molecular flexibility index (Phi) is 6.30. The maximum absolute atomic E-state index is 12.7. The highest BCUT2D eigenvalue weighted by atomic mass is 35.5. The highest BCUT2D eigenvalue weighted by molar-refractivity contribution is 7.89. The van der Waals surface area contributed by atoms with Gasteiger partial charge in [0.2, 0.25) is 10.0 Å². The first-order chi connectivity index (χ1) is 9.38. The average Bonchev–Trinajstić information content (AvgIpc) is 2.41. The van der Waals surface area contributed by atoms with Crippen LogP contribution in [0.25, 0.3) is 0 Å². The van der Waals surface area contributed by atoms with Crippen LogP contribution in [0.4, 0.5) is 0 Å². The van der Waals surface area contributed by atoms with Crippen LogP contribution in [0.3, 0.4) is 0 Å². The van der Waals surface area contributed by atoms with Crippen molar-refractivity contribution in [3.05, 3.63) is 22.7 Å². The summed E-state index contributed by atoms with van der Waals surface area (Å²) >= 11 is 6.07. The van der Waals surface area contributed by atoms with E-state index in [0.29, 0.717) is 23.9 Å². The Morgan fingerprint density at radius 1 is 1.20 bits per heavy atom. The Bertz CT molecular complexity index is 552. The second kappa shape index (κ2) is 7.29. The van der Waals surface area contributed by atoms with Crippen molar-refractivity contribution < 1.29 is 13.2 Å². The van der Waals surface area contributed by atoms with Crippen LogP contribution in [0.2, 0.25) is 5.02 Å². The molecule has 0 aromatic heterocycles. The molecule has 0 fully saturated rings. The first-order valence-electron chi connectivity index (χ1n) is 6.72. The molecule has 1 rings (SSSR count). The summed E-state index contributed by atoms with van der Waals surface area (Å²) in [6, 6.07) is 3.13. The standard InChI is InChI=1S/C14H22ClNO3S/c1-5-7-16(8-6-2)20(17,18)14-10-12(15)11(3)9-13(14)19-4/h9-10H,5-8H2,1-4H3. The number of benzene rings is 1. The molecule has 0 unspecified atom stereocenters. The second-order valence-electron chi connectivity index (χ2n) is 4.66. The zero-order valence-electron chi connectivity index (χ0n) is 12.4. The van der Waals surface area contributed by atoms with Crippen molar-refractivity contribution in [2.24, 2.45) is 0 Å². The van der Waals surface area contributed by atoms with E-state index in [1.165, 1.54) is 17.5 Å². The minimum Gasteiger partial charge on any atom is -0.495 e. The Balaban J connectivity index is 3.36. The first kappa shape index (κ1) is 17.3. The van der Waals surface area contributed by atoms with E-state index < -0.39 is 10.0 Å². The number of methoxy groups -OCH3 is 1. The third kappa shape index (κ3) is 3.65. The van der Waals surface area contributed by atoms with Gasteiger partial charge in [-0.1, -0.05) is 25.4 Å². The van der Waals surface area contributed by atoms with Gasteiger partial charge in [0.15, 0.2) is 0 Å². The molecule has 0 amide bonds. The molecule has 0 saturated heterocycles. The van der Waals surface area contributed by atoms with E-state index in [9.17, 15) is 8.42 Å². The lowest BCUT2D eigenvalue weighted by Crippen LogP contribution is -2.32. The number of ether oxygens (including phenoxy) is 1. The molecular weight excluding hydrogens is 298 g/mol. The lowest BCUT2D eigenvalue weighted by atomic mass is 10.2. The van der Waals surface area contributed by atoms with Crippen LogP contribution < -0.4 is 4.74 Å². The quantitative estimate of drug-likeness (QED) is 0.773. The SMILES string of the molecule is CCCN(CCC)S(=O)(=O)c1cc(Cl)c(C)cc1OC. The Hall–Kier alpha value is -0.780. The monoisotopic (exact) mass is 319 g/mol. The smallest absolute Gasteiger partial charge is 0.246 e. The van der Waals surface area contributed by atoms with Crippen molar-refractivity contribution in [1.82, 2.24) is 4.31 Å². The molecule has 0 aliphatic rings. The summed E-state index contributed by atoms with van der Waals surface area (Å²) < 4.78 is 32.2. The summed E-state index contributed by atoms with van der Waals surface area (Å²) in [4.78, 5) is 0.137. The maximum atomic E-state index is 12.7. The van der Waals surface area contributed by atoms with E-state index in [1.807, 2.05) is 20.8 Å². The van der Waals surface area contributed by atoms with E-state index in [1.54, 1.807) is 6.07 Å². The predicted octanol–water partition coefficient (Wildman–Crippen LogP) is 3.47. The van der Waals surface area contributed by atoms with Crippen molar-refractivity contribution in [2.75, 3.05) is 20.2 Å². The molecule has 0 spiro atoms. The van der Waals surface area contributed by atoms with Gasteiger partial charge in [-0.3, -0.25) is 0 Å². The fourth-order valence-electron chi connectivity index (χ4n) is 1.99. The summed E-state index contributed by atoms with van der Waals surface area (Å²) in [5, 5.41) is 0.428. The molecule has 0 bridgehead atoms. The lowest BCUT2D eigenvalue weighted by Gasteiger charge is -2.22. The van der Waals surface area contributed by atoms with Crippen LogP contribution in [0, 0.1) is 6.92 Å². The molecule has 0 N–H and O–H groups in total. The van der Waals surface area contributed by atoms with Gasteiger partial charge in [0, 0.05) is 18.1 Å². The Morgan fingerprint density at radius 2 is 1.75 bits per heavy atom. The van der Waals surface area contributed by atoms with Gasteiger partial charge in [-0.25, -0.2) is 8.42 Å². The maximum Gasteiger partial charge on any atom is 0.246 e. The van der Waals surface area contributed by atoms with Gasteiger partial charge < -0.3 is 4.74 Å². The third-order valence-electron chi connectivity index (χ3n) is 3.01. The van der Waals surface area contributed by atoms with E-state index in [2.05, 4.69) is 0 Å². The van der Waals surface area contributed by atoms with Crippen molar-refractivity contribution in [3.63, 3.8) is 0 Å². The number of nitrogens with zero attached hydrogens (tertiary/aromatic N) is 1.